The van der Waals surface area contributed by atoms with Gasteiger partial charge in [0, 0.05) is 12.2 Å². The van der Waals surface area contributed by atoms with Gasteiger partial charge in [-0.25, -0.2) is 4.98 Å². The fourth-order valence-electron chi connectivity index (χ4n) is 2.27. The van der Waals surface area contributed by atoms with Crippen LogP contribution in [-0.2, 0) is 11.3 Å². The van der Waals surface area contributed by atoms with Crippen molar-refractivity contribution >= 4 is 5.97 Å². The van der Waals surface area contributed by atoms with Gasteiger partial charge in [-0.2, -0.15) is 0 Å². The van der Waals surface area contributed by atoms with Crippen molar-refractivity contribution in [3.05, 3.63) is 48.0 Å². The molecule has 22 heavy (non-hydrogen) atoms. The third kappa shape index (κ3) is 3.74. The van der Waals surface area contributed by atoms with Crippen LogP contribution in [0.5, 0.6) is 0 Å². The van der Waals surface area contributed by atoms with E-state index in [0.29, 0.717) is 19.5 Å². The van der Waals surface area contributed by atoms with Gasteiger partial charge >= 0.3 is 5.97 Å². The number of benzene rings is 1. The maximum atomic E-state index is 11.1. The highest BCUT2D eigenvalue weighted by Gasteiger charge is 2.26. The summed E-state index contributed by atoms with van der Waals surface area (Å²) in [6.45, 7) is 6.78. The van der Waals surface area contributed by atoms with Crippen LogP contribution in [0.15, 0.2) is 36.5 Å². The number of imidazole rings is 1. The Balaban J connectivity index is 1.99. The fraction of sp³-hybridized carbons (Fsp3) is 0.412. The van der Waals surface area contributed by atoms with Crippen LogP contribution in [0.1, 0.15) is 31.8 Å². The molecule has 2 rings (SSSR count). The van der Waals surface area contributed by atoms with Crippen molar-refractivity contribution in [2.45, 2.75) is 33.7 Å². The molecule has 0 aliphatic carbocycles. The summed E-state index contributed by atoms with van der Waals surface area (Å²) in [5.41, 5.74) is 1.44. The molecule has 0 atom stereocenters. The minimum atomic E-state index is -0.764. The molecular weight excluding hydrogens is 278 g/mol. The van der Waals surface area contributed by atoms with Gasteiger partial charge in [0.25, 0.3) is 0 Å². The van der Waals surface area contributed by atoms with Crippen LogP contribution in [0, 0.1) is 12.3 Å². The molecule has 0 radical (unpaired) electrons. The van der Waals surface area contributed by atoms with Crippen LogP contribution in [0.4, 0.5) is 0 Å². The molecule has 0 bridgehead atoms. The van der Waals surface area contributed by atoms with Crippen LogP contribution in [0.3, 0.4) is 0 Å². The molecule has 1 heterocycles. The van der Waals surface area contributed by atoms with Gasteiger partial charge in [0.2, 0.25) is 0 Å². The first-order chi connectivity index (χ1) is 10.4. The first-order valence-corrected chi connectivity index (χ1v) is 7.44. The standard InChI is InChI=1S/C17H23N3O2/c1-13-19-12-15(20(13)14-7-5-4-6-8-14)11-18-10-9-17(2,3)16(21)22/h4-8,12,18H,9-11H2,1-3H3,(H,21,22). The number of carbonyl (C=O) groups is 1. The van der Waals surface area contributed by atoms with Gasteiger partial charge in [0.15, 0.2) is 0 Å². The van der Waals surface area contributed by atoms with E-state index in [1.165, 1.54) is 0 Å². The summed E-state index contributed by atoms with van der Waals surface area (Å²) >= 11 is 0. The van der Waals surface area contributed by atoms with E-state index in [0.717, 1.165) is 17.2 Å². The summed E-state index contributed by atoms with van der Waals surface area (Å²) < 4.78 is 2.11. The van der Waals surface area contributed by atoms with Gasteiger partial charge in [-0.3, -0.25) is 9.36 Å². The number of aromatic nitrogens is 2. The predicted octanol–water partition coefficient (Wildman–Crippen LogP) is 2.77. The molecule has 1 aromatic carbocycles. The second kappa shape index (κ2) is 6.75. The molecule has 0 spiro atoms. The molecule has 0 aliphatic heterocycles. The average molecular weight is 301 g/mol. The molecule has 0 fully saturated rings. The maximum absolute atomic E-state index is 11.1. The van der Waals surface area contributed by atoms with E-state index in [-0.39, 0.29) is 0 Å². The van der Waals surface area contributed by atoms with Crippen LogP contribution in [-0.4, -0.2) is 27.2 Å². The van der Waals surface area contributed by atoms with Crippen LogP contribution in [0.2, 0.25) is 0 Å². The second-order valence-electron chi connectivity index (χ2n) is 6.08. The summed E-state index contributed by atoms with van der Waals surface area (Å²) in [7, 11) is 0. The van der Waals surface area contributed by atoms with Crippen LogP contribution < -0.4 is 5.32 Å². The van der Waals surface area contributed by atoms with Crippen LogP contribution >= 0.6 is 0 Å². The quantitative estimate of drug-likeness (QED) is 0.772. The normalized spacial score (nSPS) is 11.6. The number of para-hydroxylation sites is 1. The summed E-state index contributed by atoms with van der Waals surface area (Å²) in [5.74, 6) is 0.174. The Morgan fingerprint density at radius 3 is 2.64 bits per heavy atom. The molecule has 5 nitrogen and oxygen atoms in total. The van der Waals surface area contributed by atoms with Gasteiger partial charge in [-0.1, -0.05) is 18.2 Å². The molecule has 118 valence electrons. The molecule has 0 amide bonds. The van der Waals surface area contributed by atoms with Crippen molar-refractivity contribution in [3.8, 4) is 5.69 Å². The number of carboxylic acid groups (broad SMARTS) is 1. The third-order valence-electron chi connectivity index (χ3n) is 3.84. The highest BCUT2D eigenvalue weighted by Crippen LogP contribution is 2.19. The Labute approximate surface area is 131 Å². The number of aryl methyl sites for hydroxylation is 1. The largest absolute Gasteiger partial charge is 0.481 e. The Morgan fingerprint density at radius 2 is 2.00 bits per heavy atom. The highest BCUT2D eigenvalue weighted by atomic mass is 16.4. The summed E-state index contributed by atoms with van der Waals surface area (Å²) in [4.78, 5) is 15.5. The van der Waals surface area contributed by atoms with Crippen molar-refractivity contribution in [2.24, 2.45) is 5.41 Å². The predicted molar refractivity (Wildman–Crippen MR) is 86.0 cm³/mol. The first kappa shape index (κ1) is 16.2. The lowest BCUT2D eigenvalue weighted by atomic mass is 9.90. The van der Waals surface area contributed by atoms with E-state index in [2.05, 4.69) is 14.9 Å². The lowest BCUT2D eigenvalue weighted by Crippen LogP contribution is -2.29. The smallest absolute Gasteiger partial charge is 0.309 e. The minimum absolute atomic E-state index is 0.584. The summed E-state index contributed by atoms with van der Waals surface area (Å²) in [6, 6.07) is 10.1. The SMILES string of the molecule is Cc1ncc(CNCCC(C)(C)C(=O)O)n1-c1ccccc1. The summed E-state index contributed by atoms with van der Waals surface area (Å²) in [6.07, 6.45) is 2.44. The summed E-state index contributed by atoms with van der Waals surface area (Å²) in [5, 5.41) is 12.4. The fourth-order valence-corrected chi connectivity index (χ4v) is 2.27. The molecular formula is C17H23N3O2. The van der Waals surface area contributed by atoms with E-state index in [1.54, 1.807) is 13.8 Å². The highest BCUT2D eigenvalue weighted by molar-refractivity contribution is 5.73. The molecule has 0 saturated carbocycles. The van der Waals surface area contributed by atoms with Crippen molar-refractivity contribution in [1.29, 1.82) is 0 Å². The molecule has 0 unspecified atom stereocenters. The van der Waals surface area contributed by atoms with Crippen molar-refractivity contribution in [3.63, 3.8) is 0 Å². The number of hydrogen-bond donors (Lipinski definition) is 2. The molecule has 1 aromatic heterocycles. The Kier molecular flexibility index (Phi) is 4.98. The molecule has 5 heteroatoms. The third-order valence-corrected chi connectivity index (χ3v) is 3.84. The molecule has 0 aliphatic rings. The topological polar surface area (TPSA) is 67.2 Å². The Hall–Kier alpha value is -2.14. The van der Waals surface area contributed by atoms with E-state index in [1.807, 2.05) is 43.5 Å². The zero-order chi connectivity index (χ0) is 16.2. The minimum Gasteiger partial charge on any atom is -0.481 e. The van der Waals surface area contributed by atoms with Gasteiger partial charge < -0.3 is 10.4 Å². The Morgan fingerprint density at radius 1 is 1.32 bits per heavy atom. The monoisotopic (exact) mass is 301 g/mol. The number of hydrogen-bond acceptors (Lipinski definition) is 3. The van der Waals surface area contributed by atoms with Crippen LogP contribution in [0.25, 0.3) is 5.69 Å². The van der Waals surface area contributed by atoms with Gasteiger partial charge in [0.1, 0.15) is 5.82 Å². The zero-order valence-electron chi connectivity index (χ0n) is 13.3. The van der Waals surface area contributed by atoms with E-state index in [9.17, 15) is 4.79 Å². The lowest BCUT2D eigenvalue weighted by Gasteiger charge is -2.19. The lowest BCUT2D eigenvalue weighted by molar-refractivity contribution is -0.147. The van der Waals surface area contributed by atoms with Gasteiger partial charge in [-0.05, 0) is 45.9 Å². The number of nitrogens with one attached hydrogen (secondary N) is 1. The number of rotatable bonds is 7. The number of nitrogens with zero attached hydrogens (tertiary/aromatic N) is 2. The van der Waals surface area contributed by atoms with Crippen molar-refractivity contribution in [2.75, 3.05) is 6.54 Å². The van der Waals surface area contributed by atoms with E-state index in [4.69, 9.17) is 5.11 Å². The average Bonchev–Trinajstić information content (AvgIpc) is 2.85. The van der Waals surface area contributed by atoms with Crippen molar-refractivity contribution in [1.82, 2.24) is 14.9 Å². The Bertz CT molecular complexity index is 633. The maximum Gasteiger partial charge on any atom is 0.309 e. The first-order valence-electron chi connectivity index (χ1n) is 7.44. The zero-order valence-corrected chi connectivity index (χ0v) is 13.3. The molecule has 0 saturated heterocycles. The van der Waals surface area contributed by atoms with E-state index < -0.39 is 11.4 Å². The van der Waals surface area contributed by atoms with Gasteiger partial charge in [-0.15, -0.1) is 0 Å². The molecule has 2 N–H and O–H groups in total. The number of carboxylic acids is 1. The van der Waals surface area contributed by atoms with Gasteiger partial charge in [0.05, 0.1) is 17.3 Å². The van der Waals surface area contributed by atoms with Crippen molar-refractivity contribution < 1.29 is 9.90 Å². The second-order valence-corrected chi connectivity index (χ2v) is 6.08. The van der Waals surface area contributed by atoms with E-state index >= 15 is 0 Å². The molecule has 2 aromatic rings. The number of aliphatic carboxylic acids is 1.